The molecule has 0 radical (unpaired) electrons. The van der Waals surface area contributed by atoms with Gasteiger partial charge in [-0.25, -0.2) is 0 Å². The molecule has 0 aliphatic heterocycles. The fourth-order valence-corrected chi connectivity index (χ4v) is 3.59. The van der Waals surface area contributed by atoms with Crippen molar-refractivity contribution in [2.24, 2.45) is 0 Å². The molecule has 9 heteroatoms. The van der Waals surface area contributed by atoms with Gasteiger partial charge in [0.15, 0.2) is 5.76 Å². The highest BCUT2D eigenvalue weighted by atomic mass is 32.2. The zero-order chi connectivity index (χ0) is 22.4. The maximum Gasteiger partial charge on any atom is 0.405 e. The van der Waals surface area contributed by atoms with E-state index < -0.39 is 24.5 Å². The average molecular weight is 448 g/mol. The van der Waals surface area contributed by atoms with Gasteiger partial charge in [-0.05, 0) is 42.8 Å². The molecule has 0 aliphatic carbocycles. The molecule has 0 spiro atoms. The number of benzene rings is 2. The van der Waals surface area contributed by atoms with E-state index in [-0.39, 0.29) is 11.3 Å². The first-order valence-corrected chi connectivity index (χ1v) is 10.2. The number of thioether (sulfide) groups is 1. The lowest BCUT2D eigenvalue weighted by Gasteiger charge is -2.12. The van der Waals surface area contributed by atoms with Gasteiger partial charge in [-0.3, -0.25) is 9.59 Å². The predicted octanol–water partition coefficient (Wildman–Crippen LogP) is 5.42. The number of aryl methyl sites for hydroxylation is 1. The van der Waals surface area contributed by atoms with E-state index in [4.69, 9.17) is 4.42 Å². The molecule has 2 amide bonds. The van der Waals surface area contributed by atoms with Gasteiger partial charge in [0.1, 0.15) is 6.54 Å². The SMILES string of the molecule is Cc1ccc(C(=O)NCC(F)(F)F)cc1NC(=O)c1occc1CSc1ccccc1. The minimum Gasteiger partial charge on any atom is -0.459 e. The van der Waals surface area contributed by atoms with Gasteiger partial charge in [0, 0.05) is 27.5 Å². The van der Waals surface area contributed by atoms with Crippen LogP contribution >= 0.6 is 11.8 Å². The summed E-state index contributed by atoms with van der Waals surface area (Å²) in [5, 5.41) is 4.48. The van der Waals surface area contributed by atoms with E-state index in [0.717, 1.165) is 4.90 Å². The summed E-state index contributed by atoms with van der Waals surface area (Å²) in [6, 6.07) is 15.7. The van der Waals surface area contributed by atoms with Gasteiger partial charge in [0.25, 0.3) is 11.8 Å². The second-order valence-corrected chi connectivity index (χ2v) is 7.71. The molecule has 0 aliphatic rings. The Morgan fingerprint density at radius 2 is 1.77 bits per heavy atom. The quantitative estimate of drug-likeness (QED) is 0.473. The number of furan rings is 1. The van der Waals surface area contributed by atoms with E-state index in [0.29, 0.717) is 22.6 Å². The topological polar surface area (TPSA) is 71.3 Å². The molecule has 0 saturated carbocycles. The van der Waals surface area contributed by atoms with Crippen molar-refractivity contribution in [1.29, 1.82) is 0 Å². The number of halogens is 3. The van der Waals surface area contributed by atoms with E-state index in [1.807, 2.05) is 35.6 Å². The maximum atomic E-state index is 12.7. The first kappa shape index (κ1) is 22.5. The molecule has 1 heterocycles. The van der Waals surface area contributed by atoms with Gasteiger partial charge in [0.2, 0.25) is 0 Å². The molecule has 0 atom stereocenters. The van der Waals surface area contributed by atoms with Gasteiger partial charge in [-0.1, -0.05) is 24.3 Å². The third-order valence-electron chi connectivity index (χ3n) is 4.29. The van der Waals surface area contributed by atoms with Crippen molar-refractivity contribution in [1.82, 2.24) is 5.32 Å². The molecule has 3 aromatic rings. The molecule has 0 saturated heterocycles. The number of anilines is 1. The number of alkyl halides is 3. The zero-order valence-corrected chi connectivity index (χ0v) is 17.3. The van der Waals surface area contributed by atoms with Crippen LogP contribution < -0.4 is 10.6 Å². The van der Waals surface area contributed by atoms with Crippen molar-refractivity contribution in [2.45, 2.75) is 23.7 Å². The average Bonchev–Trinajstić information content (AvgIpc) is 3.21. The Balaban J connectivity index is 1.69. The lowest BCUT2D eigenvalue weighted by Crippen LogP contribution is -2.33. The number of amides is 2. The summed E-state index contributed by atoms with van der Waals surface area (Å²) in [6.45, 7) is 0.275. The Labute approximate surface area is 181 Å². The third-order valence-corrected chi connectivity index (χ3v) is 5.35. The fourth-order valence-electron chi connectivity index (χ4n) is 2.69. The highest BCUT2D eigenvalue weighted by molar-refractivity contribution is 7.98. The number of carbonyl (C=O) groups is 2. The normalized spacial score (nSPS) is 11.2. The molecule has 162 valence electrons. The maximum absolute atomic E-state index is 12.7. The monoisotopic (exact) mass is 448 g/mol. The molecular formula is C22H19F3N2O3S. The van der Waals surface area contributed by atoms with Crippen LogP contribution in [0.1, 0.15) is 32.0 Å². The number of hydrogen-bond donors (Lipinski definition) is 2. The van der Waals surface area contributed by atoms with Crippen LogP contribution in [0, 0.1) is 6.92 Å². The van der Waals surface area contributed by atoms with E-state index >= 15 is 0 Å². The van der Waals surface area contributed by atoms with E-state index in [9.17, 15) is 22.8 Å². The van der Waals surface area contributed by atoms with E-state index in [1.165, 1.54) is 18.4 Å². The Kier molecular flexibility index (Phi) is 7.06. The molecule has 5 nitrogen and oxygen atoms in total. The van der Waals surface area contributed by atoms with Crippen molar-refractivity contribution in [2.75, 3.05) is 11.9 Å². The summed E-state index contributed by atoms with van der Waals surface area (Å²) in [6.07, 6.45) is -3.09. The van der Waals surface area contributed by atoms with Gasteiger partial charge >= 0.3 is 6.18 Å². The molecule has 31 heavy (non-hydrogen) atoms. The zero-order valence-electron chi connectivity index (χ0n) is 16.5. The highest BCUT2D eigenvalue weighted by Crippen LogP contribution is 2.26. The van der Waals surface area contributed by atoms with Crippen LogP contribution in [0.4, 0.5) is 18.9 Å². The van der Waals surface area contributed by atoms with Crippen molar-refractivity contribution in [3.8, 4) is 0 Å². The van der Waals surface area contributed by atoms with Gasteiger partial charge in [-0.2, -0.15) is 13.2 Å². The van der Waals surface area contributed by atoms with Gasteiger partial charge in [-0.15, -0.1) is 11.8 Å². The summed E-state index contributed by atoms with van der Waals surface area (Å²) < 4.78 is 42.3. The van der Waals surface area contributed by atoms with Gasteiger partial charge < -0.3 is 15.1 Å². The van der Waals surface area contributed by atoms with Crippen LogP contribution in [0.5, 0.6) is 0 Å². The number of carbonyl (C=O) groups excluding carboxylic acids is 2. The molecule has 0 fully saturated rings. The predicted molar refractivity (Wildman–Crippen MR) is 112 cm³/mol. The highest BCUT2D eigenvalue weighted by Gasteiger charge is 2.28. The van der Waals surface area contributed by atoms with Crippen molar-refractivity contribution >= 4 is 29.3 Å². The summed E-state index contributed by atoms with van der Waals surface area (Å²) in [5.41, 5.74) is 1.66. The number of rotatable bonds is 7. The number of nitrogens with one attached hydrogen (secondary N) is 2. The van der Waals surface area contributed by atoms with Crippen LogP contribution in [0.25, 0.3) is 0 Å². The van der Waals surface area contributed by atoms with E-state index in [1.54, 1.807) is 30.8 Å². The summed E-state index contributed by atoms with van der Waals surface area (Å²) in [7, 11) is 0. The standard InChI is InChI=1S/C22H19F3N2O3S/c1-14-7-8-15(20(28)26-13-22(23,24)25)11-18(14)27-21(29)19-16(9-10-30-19)12-31-17-5-3-2-4-6-17/h2-11H,12-13H2,1H3,(H,26,28)(H,27,29). The van der Waals surface area contributed by atoms with Crippen LogP contribution in [0.3, 0.4) is 0 Å². The van der Waals surface area contributed by atoms with Crippen LogP contribution in [-0.4, -0.2) is 24.5 Å². The van der Waals surface area contributed by atoms with Crippen LogP contribution in [0.15, 0.2) is 70.2 Å². The first-order chi connectivity index (χ1) is 14.7. The minimum atomic E-state index is -4.51. The van der Waals surface area contributed by atoms with Crippen molar-refractivity contribution in [3.63, 3.8) is 0 Å². The Bertz CT molecular complexity index is 1070. The fraction of sp³-hybridized carbons (Fsp3) is 0.182. The lowest BCUT2D eigenvalue weighted by atomic mass is 10.1. The first-order valence-electron chi connectivity index (χ1n) is 9.24. The molecule has 2 aromatic carbocycles. The molecule has 1 aromatic heterocycles. The smallest absolute Gasteiger partial charge is 0.405 e. The Hall–Kier alpha value is -3.20. The van der Waals surface area contributed by atoms with E-state index in [2.05, 4.69) is 5.32 Å². The Morgan fingerprint density at radius 3 is 2.48 bits per heavy atom. The summed E-state index contributed by atoms with van der Waals surface area (Å²) in [5.74, 6) is -0.743. The second-order valence-electron chi connectivity index (χ2n) is 6.66. The molecule has 0 unspecified atom stereocenters. The van der Waals surface area contributed by atoms with Crippen LogP contribution in [0.2, 0.25) is 0 Å². The number of hydrogen-bond acceptors (Lipinski definition) is 4. The molecule has 2 N–H and O–H groups in total. The molecule has 3 rings (SSSR count). The molecular weight excluding hydrogens is 429 g/mol. The van der Waals surface area contributed by atoms with Crippen molar-refractivity contribution < 1.29 is 27.2 Å². The lowest BCUT2D eigenvalue weighted by molar-refractivity contribution is -0.123. The molecule has 0 bridgehead atoms. The van der Waals surface area contributed by atoms with Gasteiger partial charge in [0.05, 0.1) is 6.26 Å². The summed E-state index contributed by atoms with van der Waals surface area (Å²) >= 11 is 1.55. The second kappa shape index (κ2) is 9.74. The largest absolute Gasteiger partial charge is 0.459 e. The third kappa shape index (κ3) is 6.39. The van der Waals surface area contributed by atoms with Crippen molar-refractivity contribution in [3.05, 3.63) is 83.3 Å². The van der Waals surface area contributed by atoms with Crippen LogP contribution in [-0.2, 0) is 5.75 Å². The summed E-state index contributed by atoms with van der Waals surface area (Å²) in [4.78, 5) is 25.8. The minimum absolute atomic E-state index is 0.00412. The Morgan fingerprint density at radius 1 is 1.03 bits per heavy atom.